The Hall–Kier alpha value is -2.70. The van der Waals surface area contributed by atoms with Crippen LogP contribution in [0.3, 0.4) is 0 Å². The largest absolute Gasteiger partial charge is 0.394 e. The van der Waals surface area contributed by atoms with E-state index in [4.69, 9.17) is 11.6 Å². The maximum Gasteiger partial charge on any atom is 0.274 e. The highest BCUT2D eigenvalue weighted by atomic mass is 35.5. The highest BCUT2D eigenvalue weighted by Gasteiger charge is 2.17. The molecule has 0 bridgehead atoms. The van der Waals surface area contributed by atoms with Crippen molar-refractivity contribution >= 4 is 17.5 Å². The summed E-state index contributed by atoms with van der Waals surface area (Å²) in [6, 6.07) is 15.7. The number of hydrogen-bond acceptors (Lipinski definition) is 4. The van der Waals surface area contributed by atoms with E-state index in [0.29, 0.717) is 10.7 Å². The number of nitrogens with zero attached hydrogens (tertiary/aromatic N) is 3. The Morgan fingerprint density at radius 2 is 2.00 bits per heavy atom. The zero-order valence-electron chi connectivity index (χ0n) is 12.6. The quantitative estimate of drug-likeness (QED) is 0.746. The summed E-state index contributed by atoms with van der Waals surface area (Å²) >= 11 is 5.94. The van der Waals surface area contributed by atoms with Crippen molar-refractivity contribution in [3.63, 3.8) is 0 Å². The monoisotopic (exact) mass is 342 g/mol. The molecule has 24 heavy (non-hydrogen) atoms. The van der Waals surface area contributed by atoms with E-state index >= 15 is 0 Å². The topological polar surface area (TPSA) is 80.0 Å². The van der Waals surface area contributed by atoms with Crippen molar-refractivity contribution in [2.75, 3.05) is 6.61 Å². The van der Waals surface area contributed by atoms with Crippen LogP contribution in [0.2, 0.25) is 5.02 Å². The molecular weight excluding hydrogens is 328 g/mol. The molecule has 1 unspecified atom stereocenters. The second-order valence-corrected chi connectivity index (χ2v) is 5.55. The molecule has 0 fully saturated rings. The molecule has 0 aliphatic rings. The predicted molar refractivity (Wildman–Crippen MR) is 90.1 cm³/mol. The Kier molecular flexibility index (Phi) is 4.88. The molecule has 2 N–H and O–H groups in total. The average Bonchev–Trinajstić information content (AvgIpc) is 3.10. The Balaban J connectivity index is 1.76. The van der Waals surface area contributed by atoms with Crippen LogP contribution in [-0.4, -0.2) is 32.6 Å². The van der Waals surface area contributed by atoms with E-state index in [-0.39, 0.29) is 12.3 Å². The van der Waals surface area contributed by atoms with Crippen molar-refractivity contribution < 1.29 is 9.90 Å². The molecule has 0 aliphatic heterocycles. The van der Waals surface area contributed by atoms with E-state index in [1.807, 2.05) is 30.3 Å². The van der Waals surface area contributed by atoms with Crippen LogP contribution in [0.4, 0.5) is 0 Å². The van der Waals surface area contributed by atoms with Gasteiger partial charge < -0.3 is 10.4 Å². The third-order valence-electron chi connectivity index (χ3n) is 3.45. The number of carbonyl (C=O) groups excluding carboxylic acids is 1. The number of rotatable bonds is 5. The normalized spacial score (nSPS) is 11.9. The van der Waals surface area contributed by atoms with Gasteiger partial charge in [-0.05, 0) is 23.8 Å². The minimum atomic E-state index is -0.505. The zero-order chi connectivity index (χ0) is 16.9. The van der Waals surface area contributed by atoms with Gasteiger partial charge in [0.15, 0.2) is 5.69 Å². The van der Waals surface area contributed by atoms with Crippen LogP contribution in [-0.2, 0) is 0 Å². The molecule has 0 radical (unpaired) electrons. The molecule has 0 aliphatic carbocycles. The SMILES string of the molecule is O=C(NC(CO)c1ccccc1)c1cnn(-c2cccc(Cl)c2)n1. The third-order valence-corrected chi connectivity index (χ3v) is 3.69. The van der Waals surface area contributed by atoms with Gasteiger partial charge in [-0.1, -0.05) is 48.0 Å². The van der Waals surface area contributed by atoms with Gasteiger partial charge in [0.25, 0.3) is 5.91 Å². The second kappa shape index (κ2) is 7.25. The highest BCUT2D eigenvalue weighted by molar-refractivity contribution is 6.30. The van der Waals surface area contributed by atoms with Crippen LogP contribution in [0.15, 0.2) is 60.8 Å². The van der Waals surface area contributed by atoms with Crippen LogP contribution < -0.4 is 5.32 Å². The smallest absolute Gasteiger partial charge is 0.274 e. The van der Waals surface area contributed by atoms with E-state index < -0.39 is 11.9 Å². The number of benzene rings is 2. The van der Waals surface area contributed by atoms with Gasteiger partial charge in [-0.15, -0.1) is 5.10 Å². The lowest BCUT2D eigenvalue weighted by Gasteiger charge is -2.15. The van der Waals surface area contributed by atoms with Gasteiger partial charge in [0.05, 0.1) is 24.5 Å². The number of aliphatic hydroxyl groups is 1. The van der Waals surface area contributed by atoms with Crippen molar-refractivity contribution in [2.45, 2.75) is 6.04 Å². The van der Waals surface area contributed by atoms with Crippen LogP contribution in [0.5, 0.6) is 0 Å². The van der Waals surface area contributed by atoms with E-state index in [0.717, 1.165) is 5.56 Å². The molecule has 3 rings (SSSR count). The standard InChI is InChI=1S/C17H15ClN4O2/c18-13-7-4-8-14(9-13)22-19-10-15(21-22)17(24)20-16(11-23)12-5-2-1-3-6-12/h1-10,16,23H,11H2,(H,20,24). The van der Waals surface area contributed by atoms with Crippen LogP contribution in [0.1, 0.15) is 22.1 Å². The van der Waals surface area contributed by atoms with Gasteiger partial charge in [0, 0.05) is 5.02 Å². The molecule has 3 aromatic rings. The van der Waals surface area contributed by atoms with E-state index in [1.165, 1.54) is 11.0 Å². The van der Waals surface area contributed by atoms with E-state index in [9.17, 15) is 9.90 Å². The van der Waals surface area contributed by atoms with Crippen molar-refractivity contribution in [1.29, 1.82) is 0 Å². The van der Waals surface area contributed by atoms with Crippen LogP contribution >= 0.6 is 11.6 Å². The van der Waals surface area contributed by atoms with Gasteiger partial charge in [0.1, 0.15) is 0 Å². The average molecular weight is 343 g/mol. The van der Waals surface area contributed by atoms with Crippen molar-refractivity contribution in [1.82, 2.24) is 20.3 Å². The summed E-state index contributed by atoms with van der Waals surface area (Å²) in [5, 5.41) is 21.1. The Bertz CT molecular complexity index is 835. The Morgan fingerprint density at radius 3 is 2.71 bits per heavy atom. The number of aromatic nitrogens is 3. The maximum absolute atomic E-state index is 12.3. The molecule has 122 valence electrons. The molecule has 1 atom stereocenters. The fourth-order valence-electron chi connectivity index (χ4n) is 2.24. The fourth-order valence-corrected chi connectivity index (χ4v) is 2.43. The number of carbonyl (C=O) groups is 1. The zero-order valence-corrected chi connectivity index (χ0v) is 13.4. The number of amides is 1. The molecule has 0 saturated heterocycles. The molecule has 1 aromatic heterocycles. The van der Waals surface area contributed by atoms with Crippen LogP contribution in [0.25, 0.3) is 5.69 Å². The number of nitrogens with one attached hydrogen (secondary N) is 1. The minimum absolute atomic E-state index is 0.157. The first-order valence-electron chi connectivity index (χ1n) is 7.32. The van der Waals surface area contributed by atoms with Gasteiger partial charge in [-0.3, -0.25) is 4.79 Å². The molecule has 7 heteroatoms. The summed E-state index contributed by atoms with van der Waals surface area (Å²) in [7, 11) is 0. The molecule has 0 spiro atoms. The molecule has 0 saturated carbocycles. The van der Waals surface area contributed by atoms with Crippen molar-refractivity contribution in [3.8, 4) is 5.69 Å². The summed E-state index contributed by atoms with van der Waals surface area (Å²) in [5.74, 6) is -0.411. The third kappa shape index (κ3) is 3.61. The lowest BCUT2D eigenvalue weighted by Crippen LogP contribution is -2.31. The van der Waals surface area contributed by atoms with Gasteiger partial charge >= 0.3 is 0 Å². The number of hydrogen-bond donors (Lipinski definition) is 2. The summed E-state index contributed by atoms with van der Waals surface area (Å²) < 4.78 is 0. The lowest BCUT2D eigenvalue weighted by molar-refractivity contribution is 0.0910. The fraction of sp³-hybridized carbons (Fsp3) is 0.118. The maximum atomic E-state index is 12.3. The van der Waals surface area contributed by atoms with Crippen LogP contribution in [0, 0.1) is 0 Å². The number of aliphatic hydroxyl groups excluding tert-OH is 1. The van der Waals surface area contributed by atoms with E-state index in [2.05, 4.69) is 15.5 Å². The predicted octanol–water partition coefficient (Wildman–Crippen LogP) is 2.38. The van der Waals surface area contributed by atoms with Crippen molar-refractivity contribution in [3.05, 3.63) is 77.1 Å². The van der Waals surface area contributed by atoms with Gasteiger partial charge in [0.2, 0.25) is 0 Å². The minimum Gasteiger partial charge on any atom is -0.394 e. The molecule has 1 heterocycles. The number of halogens is 1. The van der Waals surface area contributed by atoms with Gasteiger partial charge in [-0.2, -0.15) is 9.90 Å². The first-order valence-corrected chi connectivity index (χ1v) is 7.70. The van der Waals surface area contributed by atoms with Gasteiger partial charge in [-0.25, -0.2) is 0 Å². The van der Waals surface area contributed by atoms with Crippen molar-refractivity contribution in [2.24, 2.45) is 0 Å². The highest BCUT2D eigenvalue weighted by Crippen LogP contribution is 2.14. The Morgan fingerprint density at radius 1 is 1.21 bits per heavy atom. The summed E-state index contributed by atoms with van der Waals surface area (Å²) in [4.78, 5) is 13.7. The first-order chi connectivity index (χ1) is 11.7. The molecule has 1 amide bonds. The summed E-state index contributed by atoms with van der Waals surface area (Å²) in [5.41, 5.74) is 1.63. The summed E-state index contributed by atoms with van der Waals surface area (Å²) in [6.45, 7) is -0.210. The Labute approximate surface area is 143 Å². The molecule has 2 aromatic carbocycles. The first kappa shape index (κ1) is 16.2. The second-order valence-electron chi connectivity index (χ2n) is 5.12. The van der Waals surface area contributed by atoms with E-state index in [1.54, 1.807) is 24.3 Å². The lowest BCUT2D eigenvalue weighted by atomic mass is 10.1. The molecule has 6 nitrogen and oxygen atoms in total. The molecular formula is C17H15ClN4O2. The summed E-state index contributed by atoms with van der Waals surface area (Å²) in [6.07, 6.45) is 1.37.